The lowest BCUT2D eigenvalue weighted by Gasteiger charge is -2.20. The van der Waals surface area contributed by atoms with Crippen LogP contribution in [-0.2, 0) is 13.1 Å². The molecule has 104 valence electrons. The van der Waals surface area contributed by atoms with E-state index < -0.39 is 0 Å². The predicted molar refractivity (Wildman–Crippen MR) is 76.4 cm³/mol. The van der Waals surface area contributed by atoms with Gasteiger partial charge in [0.25, 0.3) is 0 Å². The molecule has 0 unspecified atom stereocenters. The molecule has 0 atom stereocenters. The predicted octanol–water partition coefficient (Wildman–Crippen LogP) is 1.35. The third-order valence-corrected chi connectivity index (χ3v) is 4.13. The largest absolute Gasteiger partial charge is 0.507 e. The molecular weight excluding hydrogens is 268 g/mol. The van der Waals surface area contributed by atoms with Gasteiger partial charge in [-0.25, -0.2) is 0 Å². The fourth-order valence-electron chi connectivity index (χ4n) is 3.08. The second-order valence-corrected chi connectivity index (χ2v) is 5.35. The van der Waals surface area contributed by atoms with E-state index in [1.807, 2.05) is 0 Å². The third-order valence-electron chi connectivity index (χ3n) is 4.13. The molecule has 0 amide bonds. The topological polar surface area (TPSA) is 92.4 Å². The van der Waals surface area contributed by atoms with Gasteiger partial charge in [0.1, 0.15) is 5.75 Å². The zero-order valence-electron chi connectivity index (χ0n) is 11.1. The number of nitrogens with one attached hydrogen (secondary N) is 1. The zero-order chi connectivity index (χ0) is 14.7. The van der Waals surface area contributed by atoms with Gasteiger partial charge >= 0.3 is 0 Å². The van der Waals surface area contributed by atoms with Crippen molar-refractivity contribution in [2.45, 2.75) is 13.1 Å². The Morgan fingerprint density at radius 3 is 2.14 bits per heavy atom. The number of hydrogen-bond donors (Lipinski definition) is 3. The maximum atomic E-state index is 12.7. The van der Waals surface area contributed by atoms with Crippen LogP contribution in [0.25, 0.3) is 0 Å². The number of hydrogen-bond acceptors (Lipinski definition) is 5. The van der Waals surface area contributed by atoms with Crippen molar-refractivity contribution in [2.24, 2.45) is 0 Å². The highest BCUT2D eigenvalue weighted by molar-refractivity contribution is 6.31. The number of aromatic hydroxyl groups is 1. The number of nitrogen functional groups attached to an aromatic ring is 1. The second-order valence-electron chi connectivity index (χ2n) is 5.35. The van der Waals surface area contributed by atoms with E-state index >= 15 is 0 Å². The molecule has 5 heteroatoms. The summed E-state index contributed by atoms with van der Waals surface area (Å²) in [6, 6.07) is 6.30. The first kappa shape index (κ1) is 12.1. The molecule has 0 aromatic heterocycles. The third kappa shape index (κ3) is 1.49. The Kier molecular flexibility index (Phi) is 2.26. The molecule has 1 aliphatic carbocycles. The number of fused-ring (bicyclic) bond motifs is 3. The van der Waals surface area contributed by atoms with Crippen LogP contribution >= 0.6 is 0 Å². The number of phenolic OH excluding ortho intramolecular Hbond substituents is 1. The van der Waals surface area contributed by atoms with Gasteiger partial charge in [0.05, 0.1) is 11.1 Å². The molecule has 4 N–H and O–H groups in total. The van der Waals surface area contributed by atoms with E-state index in [9.17, 15) is 14.7 Å². The van der Waals surface area contributed by atoms with Gasteiger partial charge in [-0.05, 0) is 35.4 Å². The molecule has 2 aliphatic rings. The molecule has 0 fully saturated rings. The molecule has 1 aliphatic heterocycles. The molecule has 4 rings (SSSR count). The van der Waals surface area contributed by atoms with Crippen molar-refractivity contribution >= 4 is 17.3 Å². The molecule has 21 heavy (non-hydrogen) atoms. The van der Waals surface area contributed by atoms with Crippen LogP contribution in [0.3, 0.4) is 0 Å². The Hall–Kier alpha value is -2.66. The van der Waals surface area contributed by atoms with Crippen molar-refractivity contribution in [3.8, 4) is 5.75 Å². The van der Waals surface area contributed by atoms with Crippen LogP contribution in [0.4, 0.5) is 5.69 Å². The summed E-state index contributed by atoms with van der Waals surface area (Å²) in [4.78, 5) is 25.3. The van der Waals surface area contributed by atoms with Gasteiger partial charge in [0, 0.05) is 29.9 Å². The Bertz CT molecular complexity index is 772. The first-order chi connectivity index (χ1) is 10.1. The number of carbonyl (C=O) groups excluding carboxylic acids is 2. The molecule has 5 nitrogen and oxygen atoms in total. The molecule has 1 heterocycles. The molecule has 0 spiro atoms. The van der Waals surface area contributed by atoms with Gasteiger partial charge in [-0.3, -0.25) is 9.59 Å². The fourth-order valence-corrected chi connectivity index (χ4v) is 3.08. The Morgan fingerprint density at radius 2 is 1.52 bits per heavy atom. The van der Waals surface area contributed by atoms with Crippen LogP contribution in [0.15, 0.2) is 24.3 Å². The number of anilines is 1. The van der Waals surface area contributed by atoms with E-state index in [0.717, 1.165) is 11.1 Å². The molecule has 0 radical (unpaired) electrons. The standard InChI is InChI=1S/C16H12N2O3/c17-11-1-2-12(19)14-13(11)15(20)9-3-7-5-18-6-8(7)4-10(9)16(14)21/h1-4,18-19H,5-6,17H2. The number of nitrogens with two attached hydrogens (primary N) is 1. The number of ketones is 2. The number of phenols is 1. The summed E-state index contributed by atoms with van der Waals surface area (Å²) in [6.45, 7) is 1.37. The Labute approximate surface area is 120 Å². The maximum absolute atomic E-state index is 12.7. The van der Waals surface area contributed by atoms with E-state index in [2.05, 4.69) is 5.32 Å². The van der Waals surface area contributed by atoms with Gasteiger partial charge in [-0.1, -0.05) is 0 Å². The normalized spacial score (nSPS) is 15.6. The average Bonchev–Trinajstić information content (AvgIpc) is 2.93. The van der Waals surface area contributed by atoms with Gasteiger partial charge in [-0.2, -0.15) is 0 Å². The average molecular weight is 280 g/mol. The van der Waals surface area contributed by atoms with Crippen LogP contribution in [0, 0.1) is 0 Å². The number of rotatable bonds is 0. The summed E-state index contributed by atoms with van der Waals surface area (Å²) in [5.74, 6) is -0.858. The summed E-state index contributed by atoms with van der Waals surface area (Å²) in [5, 5.41) is 13.1. The summed E-state index contributed by atoms with van der Waals surface area (Å²) in [5.41, 5.74) is 8.92. The van der Waals surface area contributed by atoms with Crippen molar-refractivity contribution in [3.63, 3.8) is 0 Å². The summed E-state index contributed by atoms with van der Waals surface area (Å²) < 4.78 is 0. The molecule has 0 saturated carbocycles. The summed E-state index contributed by atoms with van der Waals surface area (Å²) in [6.07, 6.45) is 0. The van der Waals surface area contributed by atoms with Gasteiger partial charge in [-0.15, -0.1) is 0 Å². The van der Waals surface area contributed by atoms with E-state index in [1.165, 1.54) is 12.1 Å². The lowest BCUT2D eigenvalue weighted by Crippen LogP contribution is -2.23. The molecule has 2 aromatic rings. The maximum Gasteiger partial charge on any atom is 0.198 e. The van der Waals surface area contributed by atoms with Crippen molar-refractivity contribution in [3.05, 3.63) is 57.6 Å². The Balaban J connectivity index is 2.04. The monoisotopic (exact) mass is 280 g/mol. The highest BCUT2D eigenvalue weighted by Crippen LogP contribution is 2.37. The minimum atomic E-state index is -0.348. The number of benzene rings is 2. The minimum Gasteiger partial charge on any atom is -0.507 e. The highest BCUT2D eigenvalue weighted by atomic mass is 16.3. The smallest absolute Gasteiger partial charge is 0.198 e. The van der Waals surface area contributed by atoms with Crippen molar-refractivity contribution in [1.29, 1.82) is 0 Å². The van der Waals surface area contributed by atoms with Crippen LogP contribution < -0.4 is 11.1 Å². The van der Waals surface area contributed by atoms with E-state index in [-0.39, 0.29) is 34.1 Å². The van der Waals surface area contributed by atoms with Crippen LogP contribution in [-0.4, -0.2) is 16.7 Å². The first-order valence-electron chi connectivity index (χ1n) is 6.65. The van der Waals surface area contributed by atoms with E-state index in [4.69, 9.17) is 5.73 Å². The van der Waals surface area contributed by atoms with Crippen molar-refractivity contribution in [1.82, 2.24) is 5.32 Å². The molecule has 2 aromatic carbocycles. The quantitative estimate of drug-likeness (QED) is 0.427. The SMILES string of the molecule is Nc1ccc(O)c2c1C(=O)c1cc3c(cc1C2=O)CNC3. The highest BCUT2D eigenvalue weighted by Gasteiger charge is 2.34. The lowest BCUT2D eigenvalue weighted by molar-refractivity contribution is 0.0977. The van der Waals surface area contributed by atoms with Crippen LogP contribution in [0.5, 0.6) is 5.75 Å². The lowest BCUT2D eigenvalue weighted by atomic mass is 9.81. The zero-order valence-corrected chi connectivity index (χ0v) is 11.1. The van der Waals surface area contributed by atoms with Gasteiger partial charge in [0.15, 0.2) is 11.6 Å². The minimum absolute atomic E-state index is 0.0124. The fraction of sp³-hybridized carbons (Fsp3) is 0.125. The summed E-state index contributed by atoms with van der Waals surface area (Å²) in [7, 11) is 0. The molecule has 0 bridgehead atoms. The van der Waals surface area contributed by atoms with E-state index in [1.54, 1.807) is 12.1 Å². The van der Waals surface area contributed by atoms with Crippen molar-refractivity contribution < 1.29 is 14.7 Å². The molecule has 0 saturated heterocycles. The van der Waals surface area contributed by atoms with Gasteiger partial charge in [0.2, 0.25) is 0 Å². The van der Waals surface area contributed by atoms with Crippen LogP contribution in [0.2, 0.25) is 0 Å². The second kappa shape index (κ2) is 3.93. The van der Waals surface area contributed by atoms with E-state index in [0.29, 0.717) is 24.2 Å². The van der Waals surface area contributed by atoms with Gasteiger partial charge < -0.3 is 16.2 Å². The van der Waals surface area contributed by atoms with Crippen LogP contribution in [0.1, 0.15) is 43.0 Å². The summed E-state index contributed by atoms with van der Waals surface area (Å²) >= 11 is 0. The number of carbonyl (C=O) groups is 2. The molecular formula is C16H12N2O3. The van der Waals surface area contributed by atoms with Crippen molar-refractivity contribution in [2.75, 3.05) is 5.73 Å². The Morgan fingerprint density at radius 1 is 0.952 bits per heavy atom. The first-order valence-corrected chi connectivity index (χ1v) is 6.65.